The maximum atomic E-state index is 12.7. The van der Waals surface area contributed by atoms with Gasteiger partial charge in [-0.05, 0) is 37.5 Å². The Hall–Kier alpha value is -3.41. The van der Waals surface area contributed by atoms with Crippen molar-refractivity contribution in [2.24, 2.45) is 0 Å². The summed E-state index contributed by atoms with van der Waals surface area (Å²) in [4.78, 5) is 31.8. The Morgan fingerprint density at radius 2 is 1.89 bits per heavy atom. The number of ether oxygens (including phenoxy) is 1. The van der Waals surface area contributed by atoms with Crippen molar-refractivity contribution in [3.63, 3.8) is 0 Å². The zero-order chi connectivity index (χ0) is 20.1. The minimum absolute atomic E-state index is 0.0498. The number of nitrogens with one attached hydrogen (secondary N) is 2. The normalized spacial score (nSPS) is 10.5. The van der Waals surface area contributed by atoms with Crippen molar-refractivity contribution in [3.05, 3.63) is 76.7 Å². The lowest BCUT2D eigenvalue weighted by atomic mass is 10.0. The molecular weight excluding hydrogens is 354 g/mol. The van der Waals surface area contributed by atoms with Gasteiger partial charge in [-0.1, -0.05) is 37.3 Å². The molecule has 0 aliphatic heterocycles. The minimum Gasteiger partial charge on any atom is -0.473 e. The van der Waals surface area contributed by atoms with Gasteiger partial charge in [0, 0.05) is 17.3 Å². The van der Waals surface area contributed by atoms with E-state index >= 15 is 0 Å². The van der Waals surface area contributed by atoms with Gasteiger partial charge in [0.2, 0.25) is 5.88 Å². The summed E-state index contributed by atoms with van der Waals surface area (Å²) in [6.07, 6.45) is 2.14. The Morgan fingerprint density at radius 1 is 1.14 bits per heavy atom. The molecule has 0 aliphatic carbocycles. The van der Waals surface area contributed by atoms with E-state index in [1.165, 1.54) is 6.92 Å². The number of ketones is 1. The van der Waals surface area contributed by atoms with E-state index in [1.807, 2.05) is 37.3 Å². The SMILES string of the molecule is CCc1c(C(=O)Nc2ccc(OCc3ccccc3)nc2)[nH]c(C)c1C(C)=O. The number of rotatable bonds is 7. The van der Waals surface area contributed by atoms with Crippen LogP contribution in [0.1, 0.15) is 51.5 Å². The van der Waals surface area contributed by atoms with Crippen LogP contribution in [-0.2, 0) is 13.0 Å². The number of aromatic nitrogens is 2. The lowest BCUT2D eigenvalue weighted by molar-refractivity contribution is 0.101. The second-order valence-electron chi connectivity index (χ2n) is 6.50. The van der Waals surface area contributed by atoms with E-state index in [4.69, 9.17) is 4.74 Å². The van der Waals surface area contributed by atoms with Crippen LogP contribution < -0.4 is 10.1 Å². The quantitative estimate of drug-likeness (QED) is 0.601. The highest BCUT2D eigenvalue weighted by molar-refractivity contribution is 6.07. The van der Waals surface area contributed by atoms with E-state index in [0.29, 0.717) is 41.5 Å². The summed E-state index contributed by atoms with van der Waals surface area (Å²) in [5.41, 5.74) is 4.05. The van der Waals surface area contributed by atoms with Crippen molar-refractivity contribution < 1.29 is 14.3 Å². The number of H-pyrrole nitrogens is 1. The molecule has 6 heteroatoms. The molecule has 0 saturated carbocycles. The number of benzene rings is 1. The van der Waals surface area contributed by atoms with Gasteiger partial charge >= 0.3 is 0 Å². The van der Waals surface area contributed by atoms with Gasteiger partial charge in [-0.3, -0.25) is 9.59 Å². The summed E-state index contributed by atoms with van der Waals surface area (Å²) in [6, 6.07) is 13.3. The van der Waals surface area contributed by atoms with Crippen LogP contribution in [0.25, 0.3) is 0 Å². The number of anilines is 1. The van der Waals surface area contributed by atoms with Crippen molar-refractivity contribution in [2.75, 3.05) is 5.32 Å². The number of amides is 1. The molecule has 144 valence electrons. The van der Waals surface area contributed by atoms with Gasteiger partial charge in [0.25, 0.3) is 5.91 Å². The zero-order valence-corrected chi connectivity index (χ0v) is 16.2. The third-order valence-electron chi connectivity index (χ3n) is 4.45. The van der Waals surface area contributed by atoms with Gasteiger partial charge in [0.1, 0.15) is 12.3 Å². The number of Topliss-reactive ketones (excluding diaryl/α,β-unsaturated/α-hetero) is 1. The molecule has 2 aromatic heterocycles. The Bertz CT molecular complexity index is 976. The van der Waals surface area contributed by atoms with Crippen molar-refractivity contribution in [1.82, 2.24) is 9.97 Å². The van der Waals surface area contributed by atoms with Crippen LogP contribution in [0.3, 0.4) is 0 Å². The van der Waals surface area contributed by atoms with E-state index in [0.717, 1.165) is 11.1 Å². The molecular formula is C22H23N3O3. The summed E-state index contributed by atoms with van der Waals surface area (Å²) in [6.45, 7) is 5.66. The van der Waals surface area contributed by atoms with Crippen molar-refractivity contribution in [3.8, 4) is 5.88 Å². The minimum atomic E-state index is -0.299. The number of aromatic amines is 1. The molecule has 0 spiro atoms. The molecule has 0 saturated heterocycles. The zero-order valence-electron chi connectivity index (χ0n) is 16.2. The summed E-state index contributed by atoms with van der Waals surface area (Å²) in [5.74, 6) is 0.129. The predicted octanol–water partition coefficient (Wildman–Crippen LogP) is 4.31. The Balaban J connectivity index is 1.68. The number of hydrogen-bond acceptors (Lipinski definition) is 4. The number of pyridine rings is 1. The summed E-state index contributed by atoms with van der Waals surface area (Å²) in [5, 5.41) is 2.81. The largest absolute Gasteiger partial charge is 0.473 e. The monoisotopic (exact) mass is 377 g/mol. The number of hydrogen-bond donors (Lipinski definition) is 2. The van der Waals surface area contributed by atoms with Crippen LogP contribution in [0.15, 0.2) is 48.7 Å². The Kier molecular flexibility index (Phi) is 5.89. The highest BCUT2D eigenvalue weighted by atomic mass is 16.5. The second kappa shape index (κ2) is 8.52. The number of aryl methyl sites for hydroxylation is 1. The predicted molar refractivity (Wildman–Crippen MR) is 108 cm³/mol. The van der Waals surface area contributed by atoms with Crippen LogP contribution in [0.2, 0.25) is 0 Å². The van der Waals surface area contributed by atoms with Crippen LogP contribution >= 0.6 is 0 Å². The summed E-state index contributed by atoms with van der Waals surface area (Å²) in [7, 11) is 0. The van der Waals surface area contributed by atoms with Crippen LogP contribution in [0, 0.1) is 6.92 Å². The fourth-order valence-electron chi connectivity index (χ4n) is 3.17. The molecule has 28 heavy (non-hydrogen) atoms. The number of nitrogens with zero attached hydrogens (tertiary/aromatic N) is 1. The standard InChI is InChI=1S/C22H23N3O3/c1-4-18-20(15(3)26)14(2)24-21(18)22(27)25-17-10-11-19(23-12-17)28-13-16-8-6-5-7-9-16/h5-12,24H,4,13H2,1-3H3,(H,25,27). The van der Waals surface area contributed by atoms with Crippen LogP contribution in [0.4, 0.5) is 5.69 Å². The summed E-state index contributed by atoms with van der Waals surface area (Å²) < 4.78 is 5.65. The van der Waals surface area contributed by atoms with E-state index in [9.17, 15) is 9.59 Å². The average molecular weight is 377 g/mol. The van der Waals surface area contributed by atoms with E-state index in [-0.39, 0.29) is 11.7 Å². The van der Waals surface area contributed by atoms with Crippen LogP contribution in [-0.4, -0.2) is 21.7 Å². The van der Waals surface area contributed by atoms with Crippen molar-refractivity contribution >= 4 is 17.4 Å². The van der Waals surface area contributed by atoms with E-state index in [1.54, 1.807) is 25.3 Å². The topological polar surface area (TPSA) is 84.1 Å². The Labute approximate surface area is 164 Å². The smallest absolute Gasteiger partial charge is 0.272 e. The molecule has 6 nitrogen and oxygen atoms in total. The molecule has 0 unspecified atom stereocenters. The molecule has 1 aromatic carbocycles. The van der Waals surface area contributed by atoms with Gasteiger partial charge in [-0.2, -0.15) is 0 Å². The highest BCUT2D eigenvalue weighted by Crippen LogP contribution is 2.22. The third-order valence-corrected chi connectivity index (χ3v) is 4.45. The fraction of sp³-hybridized carbons (Fsp3) is 0.227. The van der Waals surface area contributed by atoms with E-state index in [2.05, 4.69) is 15.3 Å². The first-order valence-electron chi connectivity index (χ1n) is 9.16. The number of carbonyl (C=O) groups excluding carboxylic acids is 2. The fourth-order valence-corrected chi connectivity index (χ4v) is 3.17. The molecule has 0 fully saturated rings. The second-order valence-corrected chi connectivity index (χ2v) is 6.50. The molecule has 3 rings (SSSR count). The first-order chi connectivity index (χ1) is 13.5. The maximum Gasteiger partial charge on any atom is 0.272 e. The van der Waals surface area contributed by atoms with Gasteiger partial charge in [-0.25, -0.2) is 4.98 Å². The molecule has 0 radical (unpaired) electrons. The highest BCUT2D eigenvalue weighted by Gasteiger charge is 2.21. The van der Waals surface area contributed by atoms with Gasteiger partial charge < -0.3 is 15.0 Å². The lowest BCUT2D eigenvalue weighted by Gasteiger charge is -2.08. The molecule has 2 N–H and O–H groups in total. The molecule has 0 aliphatic rings. The van der Waals surface area contributed by atoms with Crippen molar-refractivity contribution in [1.29, 1.82) is 0 Å². The lowest BCUT2D eigenvalue weighted by Crippen LogP contribution is -2.15. The first-order valence-corrected chi connectivity index (χ1v) is 9.16. The average Bonchev–Trinajstić information content (AvgIpc) is 3.05. The molecule has 1 amide bonds. The van der Waals surface area contributed by atoms with Crippen LogP contribution in [0.5, 0.6) is 5.88 Å². The molecule has 2 heterocycles. The van der Waals surface area contributed by atoms with Crippen molar-refractivity contribution in [2.45, 2.75) is 33.8 Å². The molecule has 3 aromatic rings. The van der Waals surface area contributed by atoms with E-state index < -0.39 is 0 Å². The molecule has 0 atom stereocenters. The molecule has 0 bridgehead atoms. The number of carbonyl (C=O) groups is 2. The summed E-state index contributed by atoms with van der Waals surface area (Å²) >= 11 is 0. The van der Waals surface area contributed by atoms with Gasteiger partial charge in [-0.15, -0.1) is 0 Å². The maximum absolute atomic E-state index is 12.7. The Morgan fingerprint density at radius 3 is 2.50 bits per heavy atom. The van der Waals surface area contributed by atoms with Gasteiger partial charge in [0.05, 0.1) is 11.9 Å². The third kappa shape index (κ3) is 4.28. The first kappa shape index (κ1) is 19.4. The van der Waals surface area contributed by atoms with Gasteiger partial charge in [0.15, 0.2) is 5.78 Å².